The van der Waals surface area contributed by atoms with Crippen LogP contribution in [-0.4, -0.2) is 35.2 Å². The fraction of sp³-hybridized carbons (Fsp3) is 0.571. The zero-order chi connectivity index (χ0) is 8.55. The highest BCUT2D eigenvalue weighted by Crippen LogP contribution is 2.17. The van der Waals surface area contributed by atoms with E-state index in [0.717, 1.165) is 19.5 Å². The highest BCUT2D eigenvalue weighted by molar-refractivity contribution is 5.91. The fourth-order valence-corrected chi connectivity index (χ4v) is 1.19. The number of hydrogen-bond donors (Lipinski definition) is 1. The lowest BCUT2D eigenvalue weighted by Crippen LogP contribution is -2.44. The minimum atomic E-state index is -0.647. The normalized spacial score (nSPS) is 29.8. The molecule has 12 heavy (non-hydrogen) atoms. The second-order valence-corrected chi connectivity index (χ2v) is 2.88. The van der Waals surface area contributed by atoms with E-state index in [9.17, 15) is 4.79 Å². The Bertz CT molecular complexity index is 268. The van der Waals surface area contributed by atoms with Crippen molar-refractivity contribution >= 4 is 5.91 Å². The second kappa shape index (κ2) is 2.67. The smallest absolute Gasteiger partial charge is 0.329 e. The van der Waals surface area contributed by atoms with Gasteiger partial charge in [0.15, 0.2) is 5.76 Å². The molecular weight excluding hydrogens is 158 g/mol. The van der Waals surface area contributed by atoms with Gasteiger partial charge in [0.25, 0.3) is 0 Å². The average molecular weight is 167 g/mol. The van der Waals surface area contributed by atoms with Crippen molar-refractivity contribution in [2.45, 2.75) is 12.6 Å². The van der Waals surface area contributed by atoms with Gasteiger partial charge in [0.05, 0.1) is 0 Å². The third-order valence-corrected chi connectivity index (χ3v) is 2.06. The highest BCUT2D eigenvalue weighted by Gasteiger charge is 2.26. The monoisotopic (exact) mass is 167 g/mol. The molecule has 1 amide bonds. The molecule has 0 spiro atoms. The molecule has 0 bridgehead atoms. The van der Waals surface area contributed by atoms with Gasteiger partial charge >= 0.3 is 5.91 Å². The van der Waals surface area contributed by atoms with E-state index < -0.39 is 5.91 Å². The van der Waals surface area contributed by atoms with Gasteiger partial charge in [-0.25, -0.2) is 0 Å². The molecule has 5 nitrogen and oxygen atoms in total. The van der Waals surface area contributed by atoms with Crippen molar-refractivity contribution in [1.82, 2.24) is 4.90 Å². The minimum absolute atomic E-state index is 0.226. The zero-order valence-corrected chi connectivity index (χ0v) is 6.47. The standard InChI is InChI=1S/C7H9N3O2/c11-5-4-6(8-9-7(5)12)10-2-1-3-10/h4,6,11H,1-3H2. The van der Waals surface area contributed by atoms with Crippen LogP contribution in [0.15, 0.2) is 22.1 Å². The lowest BCUT2D eigenvalue weighted by Gasteiger charge is -2.34. The Morgan fingerprint density at radius 2 is 2.33 bits per heavy atom. The predicted molar refractivity (Wildman–Crippen MR) is 40.6 cm³/mol. The number of carbonyl (C=O) groups excluding carboxylic acids is 1. The highest BCUT2D eigenvalue weighted by atomic mass is 16.3. The molecule has 0 saturated carbocycles. The summed E-state index contributed by atoms with van der Waals surface area (Å²) in [7, 11) is 0. The number of amides is 1. The number of hydrogen-bond acceptors (Lipinski definition) is 4. The number of aliphatic hydroxyl groups is 1. The van der Waals surface area contributed by atoms with E-state index >= 15 is 0 Å². The molecule has 2 heterocycles. The maximum absolute atomic E-state index is 10.7. The van der Waals surface area contributed by atoms with Crippen molar-refractivity contribution < 1.29 is 9.90 Å². The molecule has 2 aliphatic heterocycles. The number of azo groups is 1. The summed E-state index contributed by atoms with van der Waals surface area (Å²) in [6, 6.07) is 0. The number of rotatable bonds is 1. The molecule has 1 fully saturated rings. The molecule has 1 N–H and O–H groups in total. The van der Waals surface area contributed by atoms with Crippen molar-refractivity contribution in [3.05, 3.63) is 11.8 Å². The van der Waals surface area contributed by atoms with Crippen molar-refractivity contribution in [3.63, 3.8) is 0 Å². The van der Waals surface area contributed by atoms with Gasteiger partial charge < -0.3 is 5.11 Å². The number of aliphatic hydroxyl groups excluding tert-OH is 1. The maximum atomic E-state index is 10.7. The molecule has 64 valence electrons. The van der Waals surface area contributed by atoms with Crippen LogP contribution in [0.2, 0.25) is 0 Å². The molecule has 1 unspecified atom stereocenters. The van der Waals surface area contributed by atoms with Crippen LogP contribution in [-0.2, 0) is 4.79 Å². The van der Waals surface area contributed by atoms with Crippen LogP contribution in [0.1, 0.15) is 6.42 Å². The largest absolute Gasteiger partial charge is 0.503 e. The van der Waals surface area contributed by atoms with E-state index in [1.807, 2.05) is 4.90 Å². The molecule has 0 radical (unpaired) electrons. The Balaban J connectivity index is 2.09. The first-order valence-electron chi connectivity index (χ1n) is 3.87. The Morgan fingerprint density at radius 1 is 1.58 bits per heavy atom. The van der Waals surface area contributed by atoms with E-state index in [0.29, 0.717) is 0 Å². The van der Waals surface area contributed by atoms with E-state index in [4.69, 9.17) is 5.11 Å². The Labute approximate surface area is 69.4 Å². The molecule has 2 rings (SSSR count). The summed E-state index contributed by atoms with van der Waals surface area (Å²) in [5.74, 6) is -0.936. The van der Waals surface area contributed by atoms with Crippen LogP contribution in [0, 0.1) is 0 Å². The Hall–Kier alpha value is -1.23. The molecular formula is C7H9N3O2. The molecule has 1 saturated heterocycles. The Kier molecular flexibility index (Phi) is 1.65. The van der Waals surface area contributed by atoms with E-state index in [1.165, 1.54) is 6.08 Å². The van der Waals surface area contributed by atoms with Gasteiger partial charge in [-0.15, -0.1) is 5.11 Å². The first-order chi connectivity index (χ1) is 5.77. The molecule has 5 heteroatoms. The first kappa shape index (κ1) is 7.42. The molecule has 0 aliphatic carbocycles. The molecule has 1 atom stereocenters. The molecule has 2 aliphatic rings. The van der Waals surface area contributed by atoms with Gasteiger partial charge in [0, 0.05) is 19.2 Å². The third kappa shape index (κ3) is 1.12. The third-order valence-electron chi connectivity index (χ3n) is 2.06. The summed E-state index contributed by atoms with van der Waals surface area (Å²) < 4.78 is 0. The fourth-order valence-electron chi connectivity index (χ4n) is 1.19. The average Bonchev–Trinajstić information content (AvgIpc) is 1.93. The van der Waals surface area contributed by atoms with Gasteiger partial charge in [-0.05, 0) is 6.42 Å². The topological polar surface area (TPSA) is 65.3 Å². The number of nitrogens with zero attached hydrogens (tertiary/aromatic N) is 3. The van der Waals surface area contributed by atoms with Gasteiger partial charge in [-0.2, -0.15) is 5.11 Å². The van der Waals surface area contributed by atoms with Gasteiger partial charge in [-0.3, -0.25) is 9.69 Å². The number of carbonyl (C=O) groups is 1. The summed E-state index contributed by atoms with van der Waals surface area (Å²) >= 11 is 0. The molecule has 0 aromatic carbocycles. The first-order valence-corrected chi connectivity index (χ1v) is 3.87. The van der Waals surface area contributed by atoms with Crippen molar-refractivity contribution in [3.8, 4) is 0 Å². The van der Waals surface area contributed by atoms with Crippen LogP contribution in [0.5, 0.6) is 0 Å². The van der Waals surface area contributed by atoms with Crippen LogP contribution < -0.4 is 0 Å². The molecule has 0 aromatic rings. The van der Waals surface area contributed by atoms with Crippen LogP contribution in [0.4, 0.5) is 0 Å². The van der Waals surface area contributed by atoms with Crippen molar-refractivity contribution in [2.24, 2.45) is 10.2 Å². The van der Waals surface area contributed by atoms with E-state index in [2.05, 4.69) is 10.2 Å². The predicted octanol–water partition coefficient (Wildman–Crippen LogP) is 0.453. The summed E-state index contributed by atoms with van der Waals surface area (Å²) in [5.41, 5.74) is 0. The number of likely N-dealkylation sites (tertiary alicyclic amines) is 1. The van der Waals surface area contributed by atoms with Crippen LogP contribution in [0.25, 0.3) is 0 Å². The molecule has 0 aromatic heterocycles. The summed E-state index contributed by atoms with van der Waals surface area (Å²) in [6.07, 6.45) is 2.36. The quantitative estimate of drug-likeness (QED) is 0.616. The lowest BCUT2D eigenvalue weighted by atomic mass is 10.2. The van der Waals surface area contributed by atoms with Crippen molar-refractivity contribution in [1.29, 1.82) is 0 Å². The minimum Gasteiger partial charge on any atom is -0.503 e. The van der Waals surface area contributed by atoms with E-state index in [-0.39, 0.29) is 11.9 Å². The Morgan fingerprint density at radius 3 is 2.83 bits per heavy atom. The van der Waals surface area contributed by atoms with Crippen molar-refractivity contribution in [2.75, 3.05) is 13.1 Å². The maximum Gasteiger partial charge on any atom is 0.329 e. The zero-order valence-electron chi connectivity index (χ0n) is 6.47. The summed E-state index contributed by atoms with van der Waals surface area (Å²) in [5, 5.41) is 16.1. The van der Waals surface area contributed by atoms with Gasteiger partial charge in [0.2, 0.25) is 0 Å². The summed E-state index contributed by atoms with van der Waals surface area (Å²) in [6.45, 7) is 1.92. The van der Waals surface area contributed by atoms with Crippen LogP contribution >= 0.6 is 0 Å². The van der Waals surface area contributed by atoms with Gasteiger partial charge in [0.1, 0.15) is 6.17 Å². The second-order valence-electron chi connectivity index (χ2n) is 2.88. The SMILES string of the molecule is O=C1N=NC(N2CCC2)C=C1O. The van der Waals surface area contributed by atoms with Crippen LogP contribution in [0.3, 0.4) is 0 Å². The van der Waals surface area contributed by atoms with E-state index in [1.54, 1.807) is 0 Å². The summed E-state index contributed by atoms with van der Waals surface area (Å²) in [4.78, 5) is 12.7. The van der Waals surface area contributed by atoms with Gasteiger partial charge in [-0.1, -0.05) is 0 Å². The lowest BCUT2D eigenvalue weighted by molar-refractivity contribution is -0.117.